The Bertz CT molecular complexity index is 707. The van der Waals surface area contributed by atoms with E-state index in [-0.39, 0.29) is 0 Å². The van der Waals surface area contributed by atoms with Crippen molar-refractivity contribution in [1.29, 1.82) is 0 Å². The Morgan fingerprint density at radius 3 is 2.39 bits per heavy atom. The lowest BCUT2D eigenvalue weighted by Gasteiger charge is -2.30. The molecule has 23 heavy (non-hydrogen) atoms. The molecule has 3 aromatic rings. The molecular weight excluding hydrogens is 288 g/mol. The van der Waals surface area contributed by atoms with Crippen molar-refractivity contribution < 1.29 is 4.74 Å². The van der Waals surface area contributed by atoms with Crippen LogP contribution in [0.3, 0.4) is 0 Å². The Balaban J connectivity index is 1.85. The van der Waals surface area contributed by atoms with Gasteiger partial charge in [0.25, 0.3) is 0 Å². The molecule has 2 aromatic heterocycles. The first kappa shape index (κ1) is 14.0. The molecule has 0 amide bonds. The SMILES string of the molecule is c1ccc(-n2ncc(-c3ccncc3)c2N2CCOCC2)cc1. The third-order valence-corrected chi connectivity index (χ3v) is 4.05. The van der Waals surface area contributed by atoms with Crippen LogP contribution in [-0.4, -0.2) is 41.1 Å². The molecule has 1 saturated heterocycles. The summed E-state index contributed by atoms with van der Waals surface area (Å²) in [5, 5.41) is 4.65. The number of ether oxygens (including phenoxy) is 1. The van der Waals surface area contributed by atoms with E-state index in [1.165, 1.54) is 0 Å². The molecule has 0 aliphatic carbocycles. The number of anilines is 1. The van der Waals surface area contributed by atoms with E-state index in [2.05, 4.69) is 27.1 Å². The predicted molar refractivity (Wildman–Crippen MR) is 89.8 cm³/mol. The maximum Gasteiger partial charge on any atom is 0.140 e. The van der Waals surface area contributed by atoms with Gasteiger partial charge in [0.1, 0.15) is 5.82 Å². The number of benzene rings is 1. The molecule has 1 aromatic carbocycles. The van der Waals surface area contributed by atoms with Crippen LogP contribution < -0.4 is 4.90 Å². The van der Waals surface area contributed by atoms with Crippen LogP contribution in [0.25, 0.3) is 16.8 Å². The molecule has 0 radical (unpaired) electrons. The van der Waals surface area contributed by atoms with Crippen molar-refractivity contribution in [1.82, 2.24) is 14.8 Å². The van der Waals surface area contributed by atoms with Crippen molar-refractivity contribution >= 4 is 5.82 Å². The van der Waals surface area contributed by atoms with E-state index in [0.29, 0.717) is 0 Å². The van der Waals surface area contributed by atoms with E-state index < -0.39 is 0 Å². The van der Waals surface area contributed by atoms with Gasteiger partial charge >= 0.3 is 0 Å². The fourth-order valence-corrected chi connectivity index (χ4v) is 2.91. The molecule has 1 aliphatic rings. The standard InChI is InChI=1S/C18H18N4O/c1-2-4-16(5-3-1)22-18(21-10-12-23-13-11-21)17(14-20-22)15-6-8-19-9-7-15/h1-9,14H,10-13H2. The van der Waals surface area contributed by atoms with E-state index in [1.807, 2.05) is 53.6 Å². The molecule has 0 saturated carbocycles. The highest BCUT2D eigenvalue weighted by Gasteiger charge is 2.21. The fourth-order valence-electron chi connectivity index (χ4n) is 2.91. The van der Waals surface area contributed by atoms with Gasteiger partial charge in [-0.25, -0.2) is 4.68 Å². The first-order valence-corrected chi connectivity index (χ1v) is 7.80. The molecule has 5 heteroatoms. The molecule has 0 bridgehead atoms. The van der Waals surface area contributed by atoms with Gasteiger partial charge in [-0.2, -0.15) is 5.10 Å². The van der Waals surface area contributed by atoms with E-state index >= 15 is 0 Å². The quantitative estimate of drug-likeness (QED) is 0.746. The number of para-hydroxylation sites is 1. The van der Waals surface area contributed by atoms with Gasteiger partial charge in [0.05, 0.1) is 25.1 Å². The molecule has 4 rings (SSSR count). The second-order valence-electron chi connectivity index (χ2n) is 5.46. The molecule has 0 atom stereocenters. The minimum Gasteiger partial charge on any atom is -0.378 e. The molecule has 5 nitrogen and oxygen atoms in total. The average Bonchev–Trinajstić information content (AvgIpc) is 3.09. The monoisotopic (exact) mass is 306 g/mol. The maximum absolute atomic E-state index is 5.51. The molecule has 0 N–H and O–H groups in total. The van der Waals surface area contributed by atoms with Gasteiger partial charge in [-0.05, 0) is 29.8 Å². The normalized spacial score (nSPS) is 14.9. The molecule has 0 spiro atoms. The summed E-state index contributed by atoms with van der Waals surface area (Å²) in [6.07, 6.45) is 5.57. The van der Waals surface area contributed by atoms with Gasteiger partial charge in [-0.1, -0.05) is 18.2 Å². The fraction of sp³-hybridized carbons (Fsp3) is 0.222. The molecule has 1 aliphatic heterocycles. The third-order valence-electron chi connectivity index (χ3n) is 4.05. The van der Waals surface area contributed by atoms with Crippen molar-refractivity contribution in [2.45, 2.75) is 0 Å². The van der Waals surface area contributed by atoms with Gasteiger partial charge in [0, 0.05) is 31.0 Å². The number of rotatable bonds is 3. The largest absolute Gasteiger partial charge is 0.378 e. The third kappa shape index (κ3) is 2.71. The number of hydrogen-bond donors (Lipinski definition) is 0. The number of pyridine rings is 1. The Morgan fingerprint density at radius 1 is 0.913 bits per heavy atom. The lowest BCUT2D eigenvalue weighted by molar-refractivity contribution is 0.122. The van der Waals surface area contributed by atoms with Gasteiger partial charge in [0.15, 0.2) is 0 Å². The van der Waals surface area contributed by atoms with Crippen molar-refractivity contribution in [2.75, 3.05) is 31.2 Å². The molecule has 0 unspecified atom stereocenters. The molecule has 116 valence electrons. The minimum absolute atomic E-state index is 0.746. The second-order valence-corrected chi connectivity index (χ2v) is 5.46. The summed E-state index contributed by atoms with van der Waals surface area (Å²) in [6.45, 7) is 3.23. The Labute approximate surface area is 135 Å². The number of aromatic nitrogens is 3. The highest BCUT2D eigenvalue weighted by molar-refractivity contribution is 5.77. The van der Waals surface area contributed by atoms with E-state index in [0.717, 1.165) is 48.9 Å². The minimum atomic E-state index is 0.746. The molecular formula is C18H18N4O. The van der Waals surface area contributed by atoms with Gasteiger partial charge in [-0.15, -0.1) is 0 Å². The topological polar surface area (TPSA) is 43.2 Å². The van der Waals surface area contributed by atoms with E-state index in [1.54, 1.807) is 0 Å². The lowest BCUT2D eigenvalue weighted by atomic mass is 10.1. The highest BCUT2D eigenvalue weighted by atomic mass is 16.5. The Kier molecular flexibility index (Phi) is 3.78. The van der Waals surface area contributed by atoms with Crippen molar-refractivity contribution in [3.8, 4) is 16.8 Å². The van der Waals surface area contributed by atoms with E-state index in [9.17, 15) is 0 Å². The van der Waals surface area contributed by atoms with E-state index in [4.69, 9.17) is 4.74 Å². The zero-order valence-corrected chi connectivity index (χ0v) is 12.8. The zero-order chi connectivity index (χ0) is 15.5. The summed E-state index contributed by atoms with van der Waals surface area (Å²) in [6, 6.07) is 14.3. The zero-order valence-electron chi connectivity index (χ0n) is 12.8. The van der Waals surface area contributed by atoms with Crippen LogP contribution in [0, 0.1) is 0 Å². The maximum atomic E-state index is 5.51. The van der Waals surface area contributed by atoms with Crippen LogP contribution in [0.4, 0.5) is 5.82 Å². The Morgan fingerprint density at radius 2 is 1.65 bits per heavy atom. The molecule has 1 fully saturated rings. The number of nitrogens with zero attached hydrogens (tertiary/aromatic N) is 4. The summed E-state index contributed by atoms with van der Waals surface area (Å²) in [5.74, 6) is 1.12. The Hall–Kier alpha value is -2.66. The van der Waals surface area contributed by atoms with Crippen LogP contribution in [-0.2, 0) is 4.74 Å². The van der Waals surface area contributed by atoms with Gasteiger partial charge in [0.2, 0.25) is 0 Å². The van der Waals surface area contributed by atoms with Crippen LogP contribution in [0.1, 0.15) is 0 Å². The summed E-state index contributed by atoms with van der Waals surface area (Å²) in [4.78, 5) is 6.46. The second kappa shape index (κ2) is 6.22. The first-order valence-electron chi connectivity index (χ1n) is 7.80. The highest BCUT2D eigenvalue weighted by Crippen LogP contribution is 2.33. The number of morpholine rings is 1. The lowest BCUT2D eigenvalue weighted by Crippen LogP contribution is -2.37. The molecule has 3 heterocycles. The smallest absolute Gasteiger partial charge is 0.140 e. The summed E-state index contributed by atoms with van der Waals surface area (Å²) < 4.78 is 7.52. The first-order chi connectivity index (χ1) is 11.4. The summed E-state index contributed by atoms with van der Waals surface area (Å²) in [5.41, 5.74) is 3.32. The van der Waals surface area contributed by atoms with Crippen LogP contribution in [0.5, 0.6) is 0 Å². The van der Waals surface area contributed by atoms with Crippen LogP contribution in [0.15, 0.2) is 61.1 Å². The van der Waals surface area contributed by atoms with Crippen molar-refractivity contribution in [3.05, 3.63) is 61.1 Å². The average molecular weight is 306 g/mol. The summed E-state index contributed by atoms with van der Waals surface area (Å²) >= 11 is 0. The predicted octanol–water partition coefficient (Wildman–Crippen LogP) is 2.77. The van der Waals surface area contributed by atoms with Crippen molar-refractivity contribution in [3.63, 3.8) is 0 Å². The van der Waals surface area contributed by atoms with Gasteiger partial charge < -0.3 is 9.64 Å². The van der Waals surface area contributed by atoms with Crippen LogP contribution >= 0.6 is 0 Å². The van der Waals surface area contributed by atoms with Crippen molar-refractivity contribution in [2.24, 2.45) is 0 Å². The van der Waals surface area contributed by atoms with Gasteiger partial charge in [-0.3, -0.25) is 4.98 Å². The van der Waals surface area contributed by atoms with Crippen LogP contribution in [0.2, 0.25) is 0 Å². The number of hydrogen-bond acceptors (Lipinski definition) is 4. The summed E-state index contributed by atoms with van der Waals surface area (Å²) in [7, 11) is 0.